The average molecular weight is 495 g/mol. The molecule has 0 aromatic heterocycles. The number of anilines is 1. The first-order valence-corrected chi connectivity index (χ1v) is 13.3. The Bertz CT molecular complexity index is 1010. The Morgan fingerprint density at radius 3 is 2.61 bits per heavy atom. The number of rotatable bonds is 4. The van der Waals surface area contributed by atoms with E-state index in [9.17, 15) is 26.4 Å². The molecule has 3 fully saturated rings. The zero-order chi connectivity index (χ0) is 22.4. The van der Waals surface area contributed by atoms with E-state index in [2.05, 4.69) is 4.99 Å². The van der Waals surface area contributed by atoms with Crippen LogP contribution in [-0.2, 0) is 20.8 Å². The fourth-order valence-electron chi connectivity index (χ4n) is 4.51. The summed E-state index contributed by atoms with van der Waals surface area (Å²) in [7, 11) is -3.34. The predicted molar refractivity (Wildman–Crippen MR) is 116 cm³/mol. The molecule has 0 N–H and O–H groups in total. The first-order valence-electron chi connectivity index (χ1n) is 10.2. The minimum Gasteiger partial charge on any atom is -0.314 e. The zero-order valence-electron chi connectivity index (χ0n) is 16.6. The van der Waals surface area contributed by atoms with Crippen LogP contribution in [0.5, 0.6) is 0 Å². The quantitative estimate of drug-likeness (QED) is 0.593. The first-order chi connectivity index (χ1) is 14.5. The Morgan fingerprint density at radius 2 is 1.94 bits per heavy atom. The number of nitrogens with zero attached hydrogens (tertiary/aromatic N) is 2. The molecule has 2 saturated heterocycles. The number of halogens is 4. The van der Waals surface area contributed by atoms with Crippen LogP contribution in [0.2, 0.25) is 5.02 Å². The molecule has 5 nitrogen and oxygen atoms in total. The highest BCUT2D eigenvalue weighted by atomic mass is 35.5. The van der Waals surface area contributed by atoms with Gasteiger partial charge in [0.05, 0.1) is 33.8 Å². The number of hydrogen-bond acceptors (Lipinski definition) is 4. The first kappa shape index (κ1) is 22.9. The van der Waals surface area contributed by atoms with Gasteiger partial charge in [-0.25, -0.2) is 8.42 Å². The summed E-state index contributed by atoms with van der Waals surface area (Å²) in [4.78, 5) is 18.1. The molecule has 170 valence electrons. The second-order valence-corrected chi connectivity index (χ2v) is 12.1. The van der Waals surface area contributed by atoms with Gasteiger partial charge in [-0.15, -0.1) is 0 Å². The van der Waals surface area contributed by atoms with Crippen LogP contribution < -0.4 is 4.90 Å². The van der Waals surface area contributed by atoms with Crippen molar-refractivity contribution in [3.8, 4) is 0 Å². The van der Waals surface area contributed by atoms with Crippen molar-refractivity contribution >= 4 is 50.0 Å². The number of benzene rings is 1. The van der Waals surface area contributed by atoms with E-state index in [1.165, 1.54) is 17.7 Å². The van der Waals surface area contributed by atoms with Crippen molar-refractivity contribution in [2.75, 3.05) is 16.4 Å². The second kappa shape index (κ2) is 8.59. The number of carbonyl (C=O) groups excluding carboxylic acids is 1. The van der Waals surface area contributed by atoms with Crippen molar-refractivity contribution in [1.82, 2.24) is 0 Å². The number of alkyl halides is 3. The third kappa shape index (κ3) is 5.06. The van der Waals surface area contributed by atoms with E-state index >= 15 is 0 Å². The van der Waals surface area contributed by atoms with Crippen LogP contribution in [0.15, 0.2) is 23.2 Å². The second-order valence-electron chi connectivity index (χ2n) is 8.31. The molecule has 2 heterocycles. The van der Waals surface area contributed by atoms with Gasteiger partial charge in [-0.2, -0.15) is 18.2 Å². The summed E-state index contributed by atoms with van der Waals surface area (Å²) >= 11 is 7.36. The lowest BCUT2D eigenvalue weighted by Crippen LogP contribution is -2.38. The van der Waals surface area contributed by atoms with Crippen LogP contribution in [0, 0.1) is 5.92 Å². The van der Waals surface area contributed by atoms with Crippen molar-refractivity contribution in [1.29, 1.82) is 0 Å². The van der Waals surface area contributed by atoms with Crippen molar-refractivity contribution < 1.29 is 26.4 Å². The van der Waals surface area contributed by atoms with Gasteiger partial charge in [0.25, 0.3) is 0 Å². The van der Waals surface area contributed by atoms with Crippen molar-refractivity contribution in [2.24, 2.45) is 10.9 Å². The van der Waals surface area contributed by atoms with E-state index in [0.717, 1.165) is 49.2 Å². The van der Waals surface area contributed by atoms with Gasteiger partial charge in [-0.05, 0) is 30.5 Å². The van der Waals surface area contributed by atoms with Gasteiger partial charge in [0.2, 0.25) is 5.91 Å². The van der Waals surface area contributed by atoms with Gasteiger partial charge in [0, 0.05) is 11.7 Å². The maximum Gasteiger partial charge on any atom is 0.416 e. The molecule has 0 bridgehead atoms. The summed E-state index contributed by atoms with van der Waals surface area (Å²) in [5, 5.41) is -0.135. The van der Waals surface area contributed by atoms with Crippen LogP contribution in [0.4, 0.5) is 18.9 Å². The van der Waals surface area contributed by atoms with Gasteiger partial charge < -0.3 is 4.90 Å². The minimum absolute atomic E-state index is 0.0240. The molecule has 11 heteroatoms. The Hall–Kier alpha value is -1.26. The summed E-state index contributed by atoms with van der Waals surface area (Å²) in [6.07, 6.45) is 0.977. The summed E-state index contributed by atoms with van der Waals surface area (Å²) in [5.41, 5.74) is -0.871. The molecule has 1 aromatic rings. The molecule has 0 radical (unpaired) electrons. The third-order valence-corrected chi connectivity index (χ3v) is 9.59. The fourth-order valence-corrected chi connectivity index (χ4v) is 8.64. The molecule has 0 spiro atoms. The van der Waals surface area contributed by atoms with Crippen molar-refractivity contribution in [3.05, 3.63) is 28.8 Å². The van der Waals surface area contributed by atoms with E-state index in [4.69, 9.17) is 11.6 Å². The number of fused-ring (bicyclic) bond motifs is 1. The summed E-state index contributed by atoms with van der Waals surface area (Å²) in [5.74, 6) is -0.152. The average Bonchev–Trinajstić information content (AvgIpc) is 3.34. The molecular weight excluding hydrogens is 473 g/mol. The summed E-state index contributed by atoms with van der Waals surface area (Å²) < 4.78 is 64.2. The lowest BCUT2D eigenvalue weighted by atomic mass is 10.0. The largest absolute Gasteiger partial charge is 0.416 e. The van der Waals surface area contributed by atoms with Crippen LogP contribution in [0.3, 0.4) is 0 Å². The number of aliphatic imine (C=N–C) groups is 1. The fraction of sp³-hybridized carbons (Fsp3) is 0.600. The van der Waals surface area contributed by atoms with E-state index in [-0.39, 0.29) is 39.7 Å². The zero-order valence-corrected chi connectivity index (χ0v) is 19.0. The molecule has 2 aliphatic heterocycles. The number of hydrogen-bond donors (Lipinski definition) is 0. The number of sulfone groups is 1. The number of thioether (sulfide) groups is 1. The van der Waals surface area contributed by atoms with Crippen molar-refractivity contribution in [3.63, 3.8) is 0 Å². The van der Waals surface area contributed by atoms with Crippen molar-refractivity contribution in [2.45, 2.75) is 56.0 Å². The highest BCUT2D eigenvalue weighted by Crippen LogP contribution is 2.44. The van der Waals surface area contributed by atoms with E-state index in [1.807, 2.05) is 0 Å². The van der Waals surface area contributed by atoms with Crippen LogP contribution >= 0.6 is 23.4 Å². The normalized spacial score (nSPS) is 27.2. The number of amides is 1. The molecule has 1 aromatic carbocycles. The maximum atomic E-state index is 13.3. The Kier molecular flexibility index (Phi) is 6.35. The molecule has 4 rings (SSSR count). The Labute approximate surface area is 188 Å². The lowest BCUT2D eigenvalue weighted by molar-refractivity contribution is -0.137. The summed E-state index contributed by atoms with van der Waals surface area (Å²) in [6, 6.07) is 2.30. The van der Waals surface area contributed by atoms with Gasteiger partial charge in [-0.3, -0.25) is 4.79 Å². The van der Waals surface area contributed by atoms with Gasteiger partial charge in [-0.1, -0.05) is 49.0 Å². The maximum absolute atomic E-state index is 13.3. The van der Waals surface area contributed by atoms with Gasteiger partial charge in [0.1, 0.15) is 0 Å². The highest BCUT2D eigenvalue weighted by molar-refractivity contribution is 8.16. The number of carbonyl (C=O) groups is 1. The SMILES string of the molecule is O=C(CCC1CCCC1)N=C1S[C@@H]2CS(=O)(=O)C[C@H]2N1c1cc(C(F)(F)F)ccc1Cl. The standard InChI is InChI=1S/C20H22ClF3N2O3S2/c21-14-7-6-13(20(22,23)24)9-15(14)26-16-10-31(28,29)11-17(16)30-19(26)25-18(27)8-5-12-3-1-2-4-12/h6-7,9,12,16-17H,1-5,8,10-11H2/t16-,17-/m1/s1. The van der Waals surface area contributed by atoms with Crippen LogP contribution in [0.1, 0.15) is 44.1 Å². The third-order valence-electron chi connectivity index (χ3n) is 6.06. The van der Waals surface area contributed by atoms with Gasteiger partial charge in [0.15, 0.2) is 15.0 Å². The number of amidine groups is 1. The highest BCUT2D eigenvalue weighted by Gasteiger charge is 2.50. The van der Waals surface area contributed by atoms with E-state index < -0.39 is 32.9 Å². The molecule has 2 atom stereocenters. The van der Waals surface area contributed by atoms with Gasteiger partial charge >= 0.3 is 6.18 Å². The van der Waals surface area contributed by atoms with Crippen LogP contribution in [0.25, 0.3) is 0 Å². The molecule has 1 aliphatic carbocycles. The lowest BCUT2D eigenvalue weighted by Gasteiger charge is -2.26. The monoisotopic (exact) mass is 494 g/mol. The molecule has 1 amide bonds. The molecule has 3 aliphatic rings. The Balaban J connectivity index is 1.65. The molecular formula is C20H22ClF3N2O3S2. The van der Waals surface area contributed by atoms with E-state index in [0.29, 0.717) is 5.92 Å². The predicted octanol–water partition coefficient (Wildman–Crippen LogP) is 4.93. The van der Waals surface area contributed by atoms with E-state index in [1.54, 1.807) is 0 Å². The smallest absolute Gasteiger partial charge is 0.314 e. The topological polar surface area (TPSA) is 66.8 Å². The molecule has 31 heavy (non-hydrogen) atoms. The molecule has 0 unspecified atom stereocenters. The van der Waals surface area contributed by atoms with Crippen LogP contribution in [-0.4, -0.2) is 42.3 Å². The minimum atomic E-state index is -4.58. The summed E-state index contributed by atoms with van der Waals surface area (Å²) in [6.45, 7) is 0. The molecule has 1 saturated carbocycles. The Morgan fingerprint density at radius 1 is 1.23 bits per heavy atom.